The Morgan fingerprint density at radius 1 is 1.29 bits per heavy atom. The van der Waals surface area contributed by atoms with Gasteiger partial charge in [0.05, 0.1) is 16.9 Å². The van der Waals surface area contributed by atoms with Gasteiger partial charge in [-0.2, -0.15) is 0 Å². The lowest BCUT2D eigenvalue weighted by molar-refractivity contribution is 0.0692. The van der Waals surface area contributed by atoms with Crippen molar-refractivity contribution in [2.75, 3.05) is 24.2 Å². The van der Waals surface area contributed by atoms with Gasteiger partial charge in [-0.25, -0.2) is 9.18 Å². The van der Waals surface area contributed by atoms with E-state index in [1.807, 2.05) is 35.2 Å². The van der Waals surface area contributed by atoms with E-state index in [-0.39, 0.29) is 5.69 Å². The van der Waals surface area contributed by atoms with Crippen molar-refractivity contribution in [2.45, 2.75) is 6.42 Å². The molecule has 21 heavy (non-hydrogen) atoms. The van der Waals surface area contributed by atoms with Crippen LogP contribution >= 0.6 is 0 Å². The molecule has 0 amide bonds. The van der Waals surface area contributed by atoms with Crippen molar-refractivity contribution >= 4 is 17.3 Å². The summed E-state index contributed by atoms with van der Waals surface area (Å²) in [4.78, 5) is 12.7. The Hall–Kier alpha value is -2.56. The van der Waals surface area contributed by atoms with Crippen molar-refractivity contribution in [3.05, 3.63) is 59.4 Å². The number of hydrogen-bond donors (Lipinski definition) is 2. The number of anilines is 2. The molecule has 0 heterocycles. The number of carbonyl (C=O) groups is 1. The van der Waals surface area contributed by atoms with Gasteiger partial charge in [-0.15, -0.1) is 0 Å². The summed E-state index contributed by atoms with van der Waals surface area (Å²) in [6.07, 6.45) is 0.791. The molecule has 0 atom stereocenters. The fraction of sp³-hybridized carbons (Fsp3) is 0.188. The molecule has 0 aliphatic heterocycles. The van der Waals surface area contributed by atoms with Gasteiger partial charge in [0.2, 0.25) is 0 Å². The first kappa shape index (κ1) is 14.8. The maximum atomic E-state index is 13.7. The zero-order chi connectivity index (χ0) is 15.4. The molecule has 0 aliphatic rings. The standard InChI is InChI=1S/C16H17FN2O2/c1-19(8-7-11-5-3-2-4-6-11)15-10-13(17)12(16(20)21)9-14(15)18/h2-6,9-10H,7-8,18H2,1H3,(H,20,21). The van der Waals surface area contributed by atoms with Crippen LogP contribution in [0.25, 0.3) is 0 Å². The average Bonchev–Trinajstić information content (AvgIpc) is 2.47. The Labute approximate surface area is 122 Å². The summed E-state index contributed by atoms with van der Waals surface area (Å²) in [5.74, 6) is -2.10. The predicted octanol–water partition coefficient (Wildman–Crippen LogP) is 2.79. The molecule has 0 saturated heterocycles. The van der Waals surface area contributed by atoms with Crippen LogP contribution in [0.15, 0.2) is 42.5 Å². The molecule has 4 nitrogen and oxygen atoms in total. The van der Waals surface area contributed by atoms with Crippen LogP contribution in [-0.2, 0) is 6.42 Å². The van der Waals surface area contributed by atoms with Crippen LogP contribution < -0.4 is 10.6 Å². The Bertz CT molecular complexity index is 644. The second kappa shape index (κ2) is 6.26. The summed E-state index contributed by atoms with van der Waals surface area (Å²) in [6.45, 7) is 0.653. The smallest absolute Gasteiger partial charge is 0.338 e. The molecule has 0 radical (unpaired) electrons. The van der Waals surface area contributed by atoms with Crippen LogP contribution in [0.3, 0.4) is 0 Å². The van der Waals surface area contributed by atoms with Gasteiger partial charge in [0.1, 0.15) is 5.82 Å². The molecule has 0 saturated carbocycles. The van der Waals surface area contributed by atoms with E-state index >= 15 is 0 Å². The Morgan fingerprint density at radius 2 is 1.95 bits per heavy atom. The largest absolute Gasteiger partial charge is 0.478 e. The lowest BCUT2D eigenvalue weighted by atomic mass is 10.1. The minimum absolute atomic E-state index is 0.254. The Balaban J connectivity index is 2.14. The topological polar surface area (TPSA) is 66.6 Å². The third-order valence-electron chi connectivity index (χ3n) is 3.34. The number of nitrogens with zero attached hydrogens (tertiary/aromatic N) is 1. The Morgan fingerprint density at radius 3 is 2.57 bits per heavy atom. The van der Waals surface area contributed by atoms with Crippen LogP contribution in [0.1, 0.15) is 15.9 Å². The van der Waals surface area contributed by atoms with E-state index < -0.39 is 17.3 Å². The minimum Gasteiger partial charge on any atom is -0.478 e. The molecule has 110 valence electrons. The number of hydrogen-bond acceptors (Lipinski definition) is 3. The SMILES string of the molecule is CN(CCc1ccccc1)c1cc(F)c(C(=O)O)cc1N. The third-order valence-corrected chi connectivity index (χ3v) is 3.34. The summed E-state index contributed by atoms with van der Waals surface area (Å²) in [6, 6.07) is 12.2. The molecule has 2 aromatic carbocycles. The minimum atomic E-state index is -1.32. The van der Waals surface area contributed by atoms with E-state index in [1.54, 1.807) is 7.05 Å². The summed E-state index contributed by atoms with van der Waals surface area (Å²) in [5, 5.41) is 8.86. The van der Waals surface area contributed by atoms with E-state index in [1.165, 1.54) is 11.6 Å². The number of halogens is 1. The van der Waals surface area contributed by atoms with Gasteiger partial charge in [0.15, 0.2) is 0 Å². The molecule has 0 spiro atoms. The molecule has 3 N–H and O–H groups in total. The van der Waals surface area contributed by atoms with Gasteiger partial charge < -0.3 is 15.7 Å². The number of carboxylic acid groups (broad SMARTS) is 1. The fourth-order valence-electron chi connectivity index (χ4n) is 2.14. The first-order valence-corrected chi connectivity index (χ1v) is 6.56. The number of benzene rings is 2. The molecule has 0 unspecified atom stereocenters. The second-order valence-electron chi connectivity index (χ2n) is 4.85. The van der Waals surface area contributed by atoms with Gasteiger partial charge in [-0.1, -0.05) is 30.3 Å². The van der Waals surface area contributed by atoms with E-state index in [9.17, 15) is 9.18 Å². The molecule has 0 aromatic heterocycles. The molecule has 0 fully saturated rings. The highest BCUT2D eigenvalue weighted by atomic mass is 19.1. The first-order valence-electron chi connectivity index (χ1n) is 6.56. The monoisotopic (exact) mass is 288 g/mol. The summed E-state index contributed by atoms with van der Waals surface area (Å²) >= 11 is 0. The number of nitrogens with two attached hydrogens (primary N) is 1. The third kappa shape index (κ3) is 3.51. The van der Waals surface area contributed by atoms with Gasteiger partial charge in [-0.05, 0) is 18.1 Å². The number of rotatable bonds is 5. The summed E-state index contributed by atoms with van der Waals surface area (Å²) < 4.78 is 13.7. The van der Waals surface area contributed by atoms with E-state index in [2.05, 4.69) is 0 Å². The van der Waals surface area contributed by atoms with Gasteiger partial charge in [0.25, 0.3) is 0 Å². The van der Waals surface area contributed by atoms with Crippen LogP contribution in [0, 0.1) is 5.82 Å². The number of nitrogen functional groups attached to an aromatic ring is 1. The van der Waals surface area contributed by atoms with E-state index in [0.717, 1.165) is 12.5 Å². The zero-order valence-corrected chi connectivity index (χ0v) is 11.7. The highest BCUT2D eigenvalue weighted by molar-refractivity contribution is 5.90. The van der Waals surface area contributed by atoms with E-state index in [0.29, 0.717) is 12.2 Å². The normalized spacial score (nSPS) is 10.4. The van der Waals surface area contributed by atoms with Crippen molar-refractivity contribution in [1.82, 2.24) is 0 Å². The van der Waals surface area contributed by atoms with Crippen molar-refractivity contribution in [3.63, 3.8) is 0 Å². The maximum Gasteiger partial charge on any atom is 0.338 e. The van der Waals surface area contributed by atoms with Crippen LogP contribution in [0.5, 0.6) is 0 Å². The van der Waals surface area contributed by atoms with Crippen molar-refractivity contribution in [1.29, 1.82) is 0 Å². The van der Waals surface area contributed by atoms with Crippen LogP contribution in [0.2, 0.25) is 0 Å². The second-order valence-corrected chi connectivity index (χ2v) is 4.85. The first-order chi connectivity index (χ1) is 9.99. The zero-order valence-electron chi connectivity index (χ0n) is 11.7. The van der Waals surface area contributed by atoms with Crippen molar-refractivity contribution < 1.29 is 14.3 Å². The predicted molar refractivity (Wildman–Crippen MR) is 81.2 cm³/mol. The molecule has 5 heteroatoms. The lowest BCUT2D eigenvalue weighted by Crippen LogP contribution is -2.22. The molecule has 2 aromatic rings. The van der Waals surface area contributed by atoms with Gasteiger partial charge in [0, 0.05) is 19.7 Å². The van der Waals surface area contributed by atoms with Crippen molar-refractivity contribution in [3.8, 4) is 0 Å². The summed E-state index contributed by atoms with van der Waals surface area (Å²) in [7, 11) is 1.80. The lowest BCUT2D eigenvalue weighted by Gasteiger charge is -2.21. The highest BCUT2D eigenvalue weighted by Gasteiger charge is 2.15. The van der Waals surface area contributed by atoms with Crippen molar-refractivity contribution in [2.24, 2.45) is 0 Å². The molecular formula is C16H17FN2O2. The quantitative estimate of drug-likeness (QED) is 0.830. The van der Waals surface area contributed by atoms with Gasteiger partial charge >= 0.3 is 5.97 Å². The molecule has 0 bridgehead atoms. The number of carboxylic acids is 1. The highest BCUT2D eigenvalue weighted by Crippen LogP contribution is 2.26. The van der Waals surface area contributed by atoms with Gasteiger partial charge in [-0.3, -0.25) is 0 Å². The number of aromatic carboxylic acids is 1. The summed E-state index contributed by atoms with van der Waals surface area (Å²) in [5.41, 5.74) is 7.34. The Kier molecular flexibility index (Phi) is 4.42. The number of likely N-dealkylation sites (N-methyl/N-ethyl adjacent to an activating group) is 1. The molecule has 0 aliphatic carbocycles. The van der Waals surface area contributed by atoms with Crippen LogP contribution in [0.4, 0.5) is 15.8 Å². The molecule has 2 rings (SSSR count). The fourth-order valence-corrected chi connectivity index (χ4v) is 2.14. The average molecular weight is 288 g/mol. The van der Waals surface area contributed by atoms with Crippen LogP contribution in [-0.4, -0.2) is 24.7 Å². The van der Waals surface area contributed by atoms with E-state index in [4.69, 9.17) is 10.8 Å². The maximum absolute atomic E-state index is 13.7. The molecular weight excluding hydrogens is 271 g/mol.